The van der Waals surface area contributed by atoms with Crippen LogP contribution in [0.5, 0.6) is 0 Å². The lowest BCUT2D eigenvalue weighted by molar-refractivity contribution is 0.531. The van der Waals surface area contributed by atoms with Crippen molar-refractivity contribution < 1.29 is 169 Å². The predicted octanol–water partition coefficient (Wildman–Crippen LogP) is -16.6. The van der Waals surface area contributed by atoms with E-state index in [1.165, 1.54) is 18.8 Å². The lowest BCUT2D eigenvalue weighted by Crippen LogP contribution is -2.59. The van der Waals surface area contributed by atoms with E-state index in [-0.39, 0.29) is 0 Å². The summed E-state index contributed by atoms with van der Waals surface area (Å²) in [5.41, 5.74) is 1.41. The van der Waals surface area contributed by atoms with Crippen LogP contribution in [0.2, 0.25) is 26.2 Å². The molecule has 0 heterocycles. The average molecular weight is 1790 g/mol. The maximum atomic E-state index is 13.1. The van der Waals surface area contributed by atoms with Crippen molar-refractivity contribution in [1.29, 1.82) is 0 Å². The molecule has 0 aliphatic carbocycles. The van der Waals surface area contributed by atoms with Crippen LogP contribution >= 0.6 is 0 Å². The molecule has 0 aromatic carbocycles. The zero-order chi connectivity index (χ0) is 65.9. The molecule has 0 atom stereocenters. The van der Waals surface area contributed by atoms with E-state index < -0.39 is 303 Å². The molecule has 0 radical (unpaired) electrons. The fourth-order valence-electron chi connectivity index (χ4n) is 4.59. The summed E-state index contributed by atoms with van der Waals surface area (Å²) in [5, 5.41) is 0. The van der Waals surface area contributed by atoms with Crippen LogP contribution < -0.4 is 0 Å². The minimum atomic E-state index is -4.82. The Hall–Kier alpha value is 0.758. The quantitative estimate of drug-likeness (QED) is 0.0514. The standard InChI is InChI=1S/C6H16O38Si39/c1-6-82(2,3)44-83(4,5)81(43)80(42)79(41)78(40)77(39)76(38)75(37)74(36)73(35)72(34)71(33)70(32)69(31)68(30)67(29)66(28)65(27)64(26)63(25)62(24)61(23)60(22)59(21)58(20)57(19)56(18)55(17)54(16)53(15)52(14)51(13)50(12)49(11)48(10)47(9)46(8)45-7/h6,45H,1H2,2-5H3. The minimum Gasteiger partial charge on any atom is -0.450 e. The van der Waals surface area contributed by atoms with E-state index in [0.717, 1.165) is 0 Å². The minimum absolute atomic E-state index is 1.31. The first kappa shape index (κ1) is 83.8. The van der Waals surface area contributed by atoms with E-state index in [2.05, 4.69) is 6.58 Å². The summed E-state index contributed by atoms with van der Waals surface area (Å²) < 4.78 is 472. The summed E-state index contributed by atoms with van der Waals surface area (Å²) in [6, 6.07) is 0. The van der Waals surface area contributed by atoms with E-state index in [1.807, 2.05) is 0 Å². The zero-order valence-electron chi connectivity index (χ0n) is 40.4. The lowest BCUT2D eigenvalue weighted by atomic mass is 11.3. The van der Waals surface area contributed by atoms with Crippen LogP contribution in [-0.4, -0.2) is 303 Å². The SMILES string of the molecule is C=C[Si](C)(C)O[Si](C)(C)[Si](=O)[Si](=O)[Si](=O)[Si](=O)[Si](=O)[Si](=O)[Si](=O)[Si](=O)[Si](=O)[Si](=O)[Si](=O)[Si](=O)[Si](=O)[Si](=O)[Si](=O)[Si](=O)[Si](=O)[Si](=O)[Si](=O)[Si](=O)[Si](=O)[Si](=O)[Si](=O)[Si](=O)[Si](=O)[Si](=O)[Si](=O)[Si](=O)[Si](=O)[Si](=O)[Si](=O)[Si](=O)[Si](=O)[Si](=O)[Si](=O)[Si](=O)[SiH]=O. The highest BCUT2D eigenvalue weighted by Crippen LogP contribution is 2.15. The van der Waals surface area contributed by atoms with Crippen LogP contribution in [0.1, 0.15) is 0 Å². The molecule has 0 amide bonds. The molecule has 424 valence electrons. The fourth-order valence-corrected chi connectivity index (χ4v) is 449. The van der Waals surface area contributed by atoms with Crippen LogP contribution in [0, 0.1) is 0 Å². The van der Waals surface area contributed by atoms with Crippen LogP contribution in [0.4, 0.5) is 0 Å². The van der Waals surface area contributed by atoms with Crippen LogP contribution in [0.25, 0.3) is 0 Å². The maximum absolute atomic E-state index is 13.1. The first-order valence-corrected chi connectivity index (χ1v) is 115. The van der Waals surface area contributed by atoms with E-state index >= 15 is 0 Å². The second kappa shape index (κ2) is 36.1. The van der Waals surface area contributed by atoms with Gasteiger partial charge in [0.25, 0.3) is 0 Å². The molecule has 0 aliphatic heterocycles. The Balaban J connectivity index is 5.99. The highest BCUT2D eigenvalue weighted by Gasteiger charge is 2.60. The van der Waals surface area contributed by atoms with Gasteiger partial charge in [-0.2, -0.15) is 0 Å². The molecule has 0 spiro atoms. The Bertz CT molecular complexity index is 3650. The molecule has 0 aromatic heterocycles. The van der Waals surface area contributed by atoms with Gasteiger partial charge in [0.1, 0.15) is 0 Å². The van der Waals surface area contributed by atoms with Crippen molar-refractivity contribution in [3.8, 4) is 0 Å². The third-order valence-electron chi connectivity index (χ3n) is 8.90. The monoisotopic (exact) mass is 1790 g/mol. The molecule has 0 N–H and O–H groups in total. The van der Waals surface area contributed by atoms with Gasteiger partial charge >= 0.3 is 287 Å². The first-order chi connectivity index (χ1) is 37.6. The fraction of sp³-hybridized carbons (Fsp3) is 0.667. The van der Waals surface area contributed by atoms with Gasteiger partial charge in [-0.1, -0.05) is 5.70 Å². The number of rotatable bonds is 40. The van der Waals surface area contributed by atoms with Crippen LogP contribution in [0.3, 0.4) is 0 Å². The molecule has 38 nitrogen and oxygen atoms in total. The van der Waals surface area contributed by atoms with E-state index in [4.69, 9.17) is 4.12 Å². The van der Waals surface area contributed by atoms with E-state index in [0.29, 0.717) is 0 Å². The highest BCUT2D eigenvalue weighted by atomic mass is 30.1. The topological polar surface area (TPSA) is 641 Å². The largest absolute Gasteiger partial charge is 0.450 e. The summed E-state index contributed by atoms with van der Waals surface area (Å²) >= 11 is 0. The molecule has 0 bridgehead atoms. The Kier molecular flexibility index (Phi) is 36.4. The molecule has 0 fully saturated rings. The summed E-state index contributed by atoms with van der Waals surface area (Å²) in [5.74, 6) is 0. The van der Waals surface area contributed by atoms with Crippen molar-refractivity contribution in [2.24, 2.45) is 0 Å². The van der Waals surface area contributed by atoms with Crippen molar-refractivity contribution in [2.75, 3.05) is 0 Å². The van der Waals surface area contributed by atoms with Gasteiger partial charge in [-0.15, -0.1) is 6.58 Å². The van der Waals surface area contributed by atoms with Crippen molar-refractivity contribution in [3.05, 3.63) is 12.3 Å². The van der Waals surface area contributed by atoms with Gasteiger partial charge in [-0.25, -0.2) is 0 Å². The Labute approximate surface area is 504 Å². The van der Waals surface area contributed by atoms with Crippen LogP contribution in [-0.2, 0) is 169 Å². The average Bonchev–Trinajstić information content (AvgIpc) is 3.64. The van der Waals surface area contributed by atoms with Gasteiger partial charge in [-0.05, 0) is 26.2 Å². The molecule has 77 heteroatoms. The number of hydrogen-bond donors (Lipinski definition) is 0. The van der Waals surface area contributed by atoms with E-state index in [1.54, 1.807) is 13.1 Å². The van der Waals surface area contributed by atoms with Gasteiger partial charge in [0.05, 0.1) is 0 Å². The van der Waals surface area contributed by atoms with Gasteiger partial charge in [0, 0.05) is 0 Å². The molecule has 0 saturated heterocycles. The van der Waals surface area contributed by atoms with Gasteiger partial charge in [0.15, 0.2) is 8.32 Å². The molecule has 0 rings (SSSR count). The van der Waals surface area contributed by atoms with E-state index in [9.17, 15) is 165 Å². The van der Waals surface area contributed by atoms with Crippen molar-refractivity contribution >= 4 is 303 Å². The Morgan fingerprint density at radius 3 is 0.482 bits per heavy atom. The predicted molar refractivity (Wildman–Crippen MR) is 286 cm³/mol. The Morgan fingerprint density at radius 2 is 0.361 bits per heavy atom. The number of hydrogen-bond acceptors (Lipinski definition) is 38. The second-order valence-electron chi connectivity index (χ2n) is 15.4. The maximum Gasteiger partial charge on any atom is 0.381 e. The summed E-state index contributed by atoms with van der Waals surface area (Å²) in [4.78, 5) is 0. The molecule has 0 unspecified atom stereocenters. The third-order valence-corrected chi connectivity index (χ3v) is 307. The second-order valence-corrected chi connectivity index (χ2v) is 204. The molecular formula is C6H16O38Si39. The smallest absolute Gasteiger partial charge is 0.381 e. The molecule has 0 aromatic rings. The van der Waals surface area contributed by atoms with Gasteiger partial charge < -0.3 is 169 Å². The highest BCUT2D eigenvalue weighted by molar-refractivity contribution is 7.86. The third kappa shape index (κ3) is 21.7. The Morgan fingerprint density at radius 1 is 0.241 bits per heavy atom. The summed E-state index contributed by atoms with van der Waals surface area (Å²) in [6.45, 7) is 9.39. The first-order valence-electron chi connectivity index (χ1n) is 20.0. The van der Waals surface area contributed by atoms with Crippen molar-refractivity contribution in [3.63, 3.8) is 0 Å². The van der Waals surface area contributed by atoms with Gasteiger partial charge in [0.2, 0.25) is 7.83 Å². The van der Waals surface area contributed by atoms with Crippen molar-refractivity contribution in [2.45, 2.75) is 26.2 Å². The summed E-state index contributed by atoms with van der Waals surface area (Å²) in [7, 11) is -172. The molecular weight excluding hydrogens is 1780 g/mol. The van der Waals surface area contributed by atoms with Gasteiger partial charge in [-0.3, -0.25) is 0 Å². The lowest BCUT2D eigenvalue weighted by Gasteiger charge is -2.29. The zero-order valence-corrected chi connectivity index (χ0v) is 79.5. The molecule has 0 saturated carbocycles. The molecule has 83 heavy (non-hydrogen) atoms. The van der Waals surface area contributed by atoms with Crippen LogP contribution in [0.15, 0.2) is 12.3 Å². The normalized spacial score (nSPS) is 10.4. The molecule has 0 aliphatic rings. The van der Waals surface area contributed by atoms with Crippen molar-refractivity contribution in [1.82, 2.24) is 0 Å². The summed E-state index contributed by atoms with van der Waals surface area (Å²) in [6.07, 6.45) is 0.